The molecule has 0 aliphatic carbocycles. The van der Waals surface area contributed by atoms with Crippen LogP contribution in [0.4, 0.5) is 11.8 Å². The number of aryl methyl sites for hydroxylation is 1. The van der Waals surface area contributed by atoms with Gasteiger partial charge in [0.1, 0.15) is 5.82 Å². The van der Waals surface area contributed by atoms with E-state index >= 15 is 0 Å². The second-order valence-corrected chi connectivity index (χ2v) is 7.09. The second-order valence-electron chi connectivity index (χ2n) is 7.09. The number of hydrogen-bond donors (Lipinski definition) is 1. The maximum absolute atomic E-state index is 4.74. The van der Waals surface area contributed by atoms with Gasteiger partial charge in [-0.1, -0.05) is 43.7 Å². The Labute approximate surface area is 151 Å². The van der Waals surface area contributed by atoms with Gasteiger partial charge in [-0.25, -0.2) is 4.98 Å². The monoisotopic (exact) mass is 338 g/mol. The van der Waals surface area contributed by atoms with E-state index in [9.17, 15) is 0 Å². The first-order valence-electron chi connectivity index (χ1n) is 9.63. The van der Waals surface area contributed by atoms with Gasteiger partial charge in [0.15, 0.2) is 0 Å². The maximum Gasteiger partial charge on any atom is 0.224 e. The Morgan fingerprint density at radius 3 is 2.60 bits per heavy atom. The highest BCUT2D eigenvalue weighted by Gasteiger charge is 2.21. The van der Waals surface area contributed by atoms with Crippen molar-refractivity contribution in [2.45, 2.75) is 46.0 Å². The number of nitrogens with one attached hydrogen (secondary N) is 1. The fraction of sp³-hybridized carbons (Fsp3) is 0.524. The smallest absolute Gasteiger partial charge is 0.224 e. The SMILES string of the molecule is CCCCNc1nc(C)cc(N2CCC(Cc3ccccc3)CC2)n1. The van der Waals surface area contributed by atoms with E-state index in [-0.39, 0.29) is 0 Å². The molecule has 25 heavy (non-hydrogen) atoms. The molecule has 1 aliphatic heterocycles. The summed E-state index contributed by atoms with van der Waals surface area (Å²) in [6, 6.07) is 13.0. The molecule has 1 N–H and O–H groups in total. The molecule has 0 amide bonds. The fourth-order valence-corrected chi connectivity index (χ4v) is 3.48. The first kappa shape index (κ1) is 17.7. The van der Waals surface area contributed by atoms with Crippen LogP contribution in [-0.2, 0) is 6.42 Å². The highest BCUT2D eigenvalue weighted by atomic mass is 15.2. The van der Waals surface area contributed by atoms with Crippen LogP contribution >= 0.6 is 0 Å². The van der Waals surface area contributed by atoms with Gasteiger partial charge in [-0.3, -0.25) is 0 Å². The minimum absolute atomic E-state index is 0.773. The predicted molar refractivity (Wildman–Crippen MR) is 105 cm³/mol. The molecule has 3 rings (SSSR count). The molecule has 1 fully saturated rings. The number of benzene rings is 1. The molecule has 0 bridgehead atoms. The van der Waals surface area contributed by atoms with Crippen LogP contribution in [-0.4, -0.2) is 29.6 Å². The summed E-state index contributed by atoms with van der Waals surface area (Å²) in [5, 5.41) is 3.36. The number of piperidine rings is 1. The standard InChI is InChI=1S/C21H30N4/c1-3-4-12-22-21-23-17(2)15-20(24-21)25-13-10-19(11-14-25)16-18-8-6-5-7-9-18/h5-9,15,19H,3-4,10-14,16H2,1-2H3,(H,22,23,24). The third-order valence-corrected chi connectivity index (χ3v) is 4.96. The summed E-state index contributed by atoms with van der Waals surface area (Å²) in [7, 11) is 0. The Morgan fingerprint density at radius 2 is 1.88 bits per heavy atom. The molecule has 2 aromatic rings. The molecule has 4 nitrogen and oxygen atoms in total. The molecule has 0 atom stereocenters. The number of hydrogen-bond acceptors (Lipinski definition) is 4. The largest absolute Gasteiger partial charge is 0.356 e. The normalized spacial score (nSPS) is 15.4. The molecule has 134 valence electrons. The Hall–Kier alpha value is -2.10. The van der Waals surface area contributed by atoms with E-state index in [2.05, 4.69) is 65.4 Å². The van der Waals surface area contributed by atoms with Crippen LogP contribution in [0, 0.1) is 12.8 Å². The summed E-state index contributed by atoms with van der Waals surface area (Å²) in [6.07, 6.45) is 5.99. The van der Waals surface area contributed by atoms with Gasteiger partial charge < -0.3 is 10.2 Å². The van der Waals surface area contributed by atoms with Crippen LogP contribution in [0.3, 0.4) is 0 Å². The van der Waals surface area contributed by atoms with Crippen molar-refractivity contribution < 1.29 is 0 Å². The van der Waals surface area contributed by atoms with Crippen molar-refractivity contribution in [2.75, 3.05) is 29.9 Å². The number of unbranched alkanes of at least 4 members (excludes halogenated alkanes) is 1. The highest BCUT2D eigenvalue weighted by Crippen LogP contribution is 2.25. The lowest BCUT2D eigenvalue weighted by Crippen LogP contribution is -2.35. The van der Waals surface area contributed by atoms with Gasteiger partial charge in [0.25, 0.3) is 0 Å². The van der Waals surface area contributed by atoms with Crippen LogP contribution in [0.25, 0.3) is 0 Å². The zero-order valence-electron chi connectivity index (χ0n) is 15.5. The zero-order valence-corrected chi connectivity index (χ0v) is 15.5. The van der Waals surface area contributed by atoms with Crippen molar-refractivity contribution in [3.63, 3.8) is 0 Å². The van der Waals surface area contributed by atoms with E-state index < -0.39 is 0 Å². The van der Waals surface area contributed by atoms with Gasteiger partial charge in [0, 0.05) is 31.4 Å². The summed E-state index contributed by atoms with van der Waals surface area (Å²) in [5.41, 5.74) is 2.50. The van der Waals surface area contributed by atoms with Gasteiger partial charge in [-0.15, -0.1) is 0 Å². The molecule has 0 unspecified atom stereocenters. The second kappa shape index (κ2) is 8.84. The molecule has 1 aromatic heterocycles. The Bertz CT molecular complexity index is 648. The van der Waals surface area contributed by atoms with E-state index in [0.29, 0.717) is 0 Å². The molecule has 4 heteroatoms. The van der Waals surface area contributed by atoms with Crippen molar-refractivity contribution in [2.24, 2.45) is 5.92 Å². The van der Waals surface area contributed by atoms with E-state index in [1.165, 1.54) is 31.2 Å². The van der Waals surface area contributed by atoms with E-state index in [1.54, 1.807) is 0 Å². The fourth-order valence-electron chi connectivity index (χ4n) is 3.48. The summed E-state index contributed by atoms with van der Waals surface area (Å²) in [4.78, 5) is 11.7. The van der Waals surface area contributed by atoms with E-state index in [4.69, 9.17) is 4.98 Å². The number of nitrogens with zero attached hydrogens (tertiary/aromatic N) is 3. The lowest BCUT2D eigenvalue weighted by molar-refractivity contribution is 0.402. The van der Waals surface area contributed by atoms with Gasteiger partial charge in [-0.05, 0) is 44.1 Å². The Balaban J connectivity index is 1.57. The molecule has 1 saturated heterocycles. The third-order valence-electron chi connectivity index (χ3n) is 4.96. The van der Waals surface area contributed by atoms with Crippen molar-refractivity contribution in [1.82, 2.24) is 9.97 Å². The van der Waals surface area contributed by atoms with Crippen molar-refractivity contribution in [1.29, 1.82) is 0 Å². The minimum atomic E-state index is 0.773. The zero-order chi connectivity index (χ0) is 17.5. The molecule has 0 radical (unpaired) electrons. The quantitative estimate of drug-likeness (QED) is 0.757. The van der Waals surface area contributed by atoms with E-state index in [0.717, 1.165) is 49.4 Å². The Morgan fingerprint density at radius 1 is 1.12 bits per heavy atom. The van der Waals surface area contributed by atoms with Crippen molar-refractivity contribution >= 4 is 11.8 Å². The highest BCUT2D eigenvalue weighted by molar-refractivity contribution is 5.45. The summed E-state index contributed by atoms with van der Waals surface area (Å²) < 4.78 is 0. The molecular weight excluding hydrogens is 308 g/mol. The van der Waals surface area contributed by atoms with Crippen LogP contribution in [0.2, 0.25) is 0 Å². The van der Waals surface area contributed by atoms with Gasteiger partial charge in [0.2, 0.25) is 5.95 Å². The molecule has 0 spiro atoms. The predicted octanol–water partition coefficient (Wildman–Crippen LogP) is 4.46. The molecule has 1 aliphatic rings. The van der Waals surface area contributed by atoms with E-state index in [1.807, 2.05) is 0 Å². The summed E-state index contributed by atoms with van der Waals surface area (Å²) in [6.45, 7) is 7.37. The lowest BCUT2D eigenvalue weighted by atomic mass is 9.90. The number of anilines is 2. The first-order valence-corrected chi connectivity index (χ1v) is 9.63. The van der Waals surface area contributed by atoms with Crippen molar-refractivity contribution in [3.8, 4) is 0 Å². The molecule has 0 saturated carbocycles. The van der Waals surface area contributed by atoms with Crippen LogP contribution in [0.1, 0.15) is 43.9 Å². The third kappa shape index (κ3) is 5.18. The van der Waals surface area contributed by atoms with Crippen LogP contribution < -0.4 is 10.2 Å². The molecule has 1 aromatic carbocycles. The average molecular weight is 338 g/mol. The number of aromatic nitrogens is 2. The first-order chi connectivity index (χ1) is 12.2. The number of rotatable bonds is 7. The summed E-state index contributed by atoms with van der Waals surface area (Å²) >= 11 is 0. The van der Waals surface area contributed by atoms with Gasteiger partial charge in [-0.2, -0.15) is 4.98 Å². The topological polar surface area (TPSA) is 41.1 Å². The van der Waals surface area contributed by atoms with Gasteiger partial charge >= 0.3 is 0 Å². The average Bonchev–Trinajstić information content (AvgIpc) is 2.63. The molecule has 2 heterocycles. The van der Waals surface area contributed by atoms with Crippen LogP contribution in [0.15, 0.2) is 36.4 Å². The van der Waals surface area contributed by atoms with Crippen LogP contribution in [0.5, 0.6) is 0 Å². The summed E-state index contributed by atoms with van der Waals surface area (Å²) in [5.74, 6) is 2.63. The maximum atomic E-state index is 4.74. The lowest BCUT2D eigenvalue weighted by Gasteiger charge is -2.33. The minimum Gasteiger partial charge on any atom is -0.356 e. The Kier molecular flexibility index (Phi) is 6.26. The van der Waals surface area contributed by atoms with Crippen molar-refractivity contribution in [3.05, 3.63) is 47.7 Å². The molecular formula is C21H30N4. The van der Waals surface area contributed by atoms with Gasteiger partial charge in [0.05, 0.1) is 0 Å².